The van der Waals surface area contributed by atoms with Gasteiger partial charge in [-0.25, -0.2) is 19.3 Å². The van der Waals surface area contributed by atoms with Crippen LogP contribution in [0.5, 0.6) is 0 Å². The lowest BCUT2D eigenvalue weighted by Crippen LogP contribution is -2.27. The van der Waals surface area contributed by atoms with Crippen LogP contribution in [0.1, 0.15) is 12.5 Å². The Kier molecular flexibility index (Phi) is 5.65. The molecule has 0 aliphatic rings. The number of anilines is 1. The monoisotopic (exact) mass is 548 g/mol. The SMILES string of the molecule is CC(O)C(=O)Nc1cnc(-n2c(=O)n(C)c3cnc4ccc(-c5cnc6[nH]ncc6c5)cc4c32)cc1C(F)(F)F. The molecule has 40 heavy (non-hydrogen) atoms. The van der Waals surface area contributed by atoms with Crippen molar-refractivity contribution in [2.75, 3.05) is 5.32 Å². The summed E-state index contributed by atoms with van der Waals surface area (Å²) in [6.07, 6.45) is -0.869. The number of hydrogen-bond acceptors (Lipinski definition) is 7. The number of benzene rings is 1. The molecule has 0 saturated carbocycles. The van der Waals surface area contributed by atoms with Crippen molar-refractivity contribution in [1.82, 2.24) is 34.3 Å². The molecule has 0 aliphatic heterocycles. The van der Waals surface area contributed by atoms with Crippen LogP contribution in [0.25, 0.3) is 49.9 Å². The molecule has 0 fully saturated rings. The average Bonchev–Trinajstić information content (AvgIpc) is 3.50. The molecule has 202 valence electrons. The zero-order chi connectivity index (χ0) is 28.3. The second-order valence-electron chi connectivity index (χ2n) is 9.18. The smallest absolute Gasteiger partial charge is 0.384 e. The van der Waals surface area contributed by atoms with Gasteiger partial charge in [0.2, 0.25) is 0 Å². The molecule has 6 aromatic rings. The summed E-state index contributed by atoms with van der Waals surface area (Å²) in [5.41, 5.74) is 0.777. The third kappa shape index (κ3) is 4.05. The number of hydrogen-bond donors (Lipinski definition) is 3. The molecule has 0 radical (unpaired) electrons. The minimum Gasteiger partial charge on any atom is -0.384 e. The maximum absolute atomic E-state index is 14.0. The topological polar surface area (TPSA) is 144 Å². The van der Waals surface area contributed by atoms with E-state index in [0.717, 1.165) is 34.2 Å². The first-order chi connectivity index (χ1) is 19.0. The molecule has 1 atom stereocenters. The first-order valence-corrected chi connectivity index (χ1v) is 11.9. The molecule has 11 nitrogen and oxygen atoms in total. The largest absolute Gasteiger partial charge is 0.418 e. The number of aliphatic hydroxyl groups is 1. The number of pyridine rings is 3. The van der Waals surface area contributed by atoms with Crippen LogP contribution in [0, 0.1) is 0 Å². The van der Waals surface area contributed by atoms with Gasteiger partial charge in [0, 0.05) is 29.6 Å². The van der Waals surface area contributed by atoms with Crippen molar-refractivity contribution >= 4 is 44.6 Å². The van der Waals surface area contributed by atoms with Crippen LogP contribution < -0.4 is 11.0 Å². The predicted molar refractivity (Wildman–Crippen MR) is 140 cm³/mol. The second kappa shape index (κ2) is 8.98. The number of halogens is 3. The molecule has 14 heteroatoms. The van der Waals surface area contributed by atoms with Crippen LogP contribution >= 0.6 is 0 Å². The molecule has 6 rings (SSSR count). The van der Waals surface area contributed by atoms with E-state index in [2.05, 4.69) is 25.1 Å². The minimum absolute atomic E-state index is 0.304. The molecule has 1 aromatic carbocycles. The van der Waals surface area contributed by atoms with Gasteiger partial charge in [-0.05, 0) is 36.8 Å². The molecule has 0 aliphatic carbocycles. The van der Waals surface area contributed by atoms with Gasteiger partial charge in [-0.1, -0.05) is 6.07 Å². The Morgan fingerprint density at radius 2 is 1.85 bits per heavy atom. The highest BCUT2D eigenvalue weighted by Crippen LogP contribution is 2.36. The number of aromatic amines is 1. The summed E-state index contributed by atoms with van der Waals surface area (Å²) >= 11 is 0. The number of carbonyl (C=O) groups is 1. The number of H-pyrrole nitrogens is 1. The molecule has 0 saturated heterocycles. The van der Waals surface area contributed by atoms with Gasteiger partial charge in [-0.3, -0.25) is 19.4 Å². The molecule has 1 unspecified atom stereocenters. The van der Waals surface area contributed by atoms with Gasteiger partial charge in [-0.2, -0.15) is 18.3 Å². The Morgan fingerprint density at radius 3 is 2.60 bits per heavy atom. The Morgan fingerprint density at radius 1 is 1.05 bits per heavy atom. The summed E-state index contributed by atoms with van der Waals surface area (Å²) < 4.78 is 44.5. The van der Waals surface area contributed by atoms with Crippen LogP contribution in [0.2, 0.25) is 0 Å². The molecular formula is C26H19F3N8O3. The fourth-order valence-corrected chi connectivity index (χ4v) is 4.52. The van der Waals surface area contributed by atoms with Gasteiger partial charge in [0.05, 0.1) is 46.4 Å². The van der Waals surface area contributed by atoms with Crippen molar-refractivity contribution in [3.63, 3.8) is 0 Å². The third-order valence-electron chi connectivity index (χ3n) is 6.57. The lowest BCUT2D eigenvalue weighted by molar-refractivity contribution is -0.137. The van der Waals surface area contributed by atoms with Crippen molar-refractivity contribution in [2.45, 2.75) is 19.2 Å². The number of nitrogens with one attached hydrogen (secondary N) is 2. The van der Waals surface area contributed by atoms with Gasteiger partial charge in [0.1, 0.15) is 11.9 Å². The van der Waals surface area contributed by atoms with Gasteiger partial charge in [0.15, 0.2) is 5.65 Å². The van der Waals surface area contributed by atoms with Crippen LogP contribution in [-0.4, -0.2) is 51.4 Å². The van der Waals surface area contributed by atoms with Crippen LogP contribution in [0.4, 0.5) is 18.9 Å². The zero-order valence-corrected chi connectivity index (χ0v) is 20.9. The summed E-state index contributed by atoms with van der Waals surface area (Å²) in [6.45, 7) is 1.12. The first-order valence-electron chi connectivity index (χ1n) is 11.9. The quantitative estimate of drug-likeness (QED) is 0.306. The minimum atomic E-state index is -4.90. The Balaban J connectivity index is 1.59. The average molecular weight is 548 g/mol. The number of aliphatic hydroxyl groups excluding tert-OH is 1. The van der Waals surface area contributed by atoms with Crippen LogP contribution in [0.3, 0.4) is 0 Å². The van der Waals surface area contributed by atoms with E-state index in [0.29, 0.717) is 33.6 Å². The Labute approximate surface area is 221 Å². The van der Waals surface area contributed by atoms with Gasteiger partial charge in [0.25, 0.3) is 5.91 Å². The molecule has 3 N–H and O–H groups in total. The highest BCUT2D eigenvalue weighted by molar-refractivity contribution is 6.04. The summed E-state index contributed by atoms with van der Waals surface area (Å²) in [4.78, 5) is 38.2. The van der Waals surface area contributed by atoms with Gasteiger partial charge >= 0.3 is 11.9 Å². The van der Waals surface area contributed by atoms with E-state index in [-0.39, 0.29) is 5.82 Å². The first kappa shape index (κ1) is 25.2. The van der Waals surface area contributed by atoms with E-state index >= 15 is 0 Å². The molecular weight excluding hydrogens is 529 g/mol. The van der Waals surface area contributed by atoms with Crippen molar-refractivity contribution in [1.29, 1.82) is 0 Å². The maximum Gasteiger partial charge on any atom is 0.418 e. The van der Waals surface area contributed by atoms with Crippen LogP contribution in [-0.2, 0) is 18.0 Å². The highest BCUT2D eigenvalue weighted by Gasteiger charge is 2.35. The van der Waals surface area contributed by atoms with Gasteiger partial charge < -0.3 is 10.4 Å². The fourth-order valence-electron chi connectivity index (χ4n) is 4.52. The lowest BCUT2D eigenvalue weighted by atomic mass is 10.0. The standard InChI is InChI=1S/C26H19F3N8O3/c1-12(38)24(39)34-19-10-31-21(7-17(19)26(27,28)29)37-22-16-6-13(14-5-15-9-33-35-23(15)32-8-14)3-4-18(16)30-11-20(22)36(2)25(37)40/h3-12,38H,1-2H3,(H,34,39)(H,32,33,35). The number of aryl methyl sites for hydroxylation is 1. The van der Waals surface area contributed by atoms with E-state index in [1.54, 1.807) is 24.5 Å². The number of amides is 1. The van der Waals surface area contributed by atoms with E-state index in [4.69, 9.17) is 0 Å². The predicted octanol–water partition coefficient (Wildman–Crippen LogP) is 3.55. The number of aromatic nitrogens is 7. The summed E-state index contributed by atoms with van der Waals surface area (Å²) in [6, 6.07) is 7.93. The number of imidazole rings is 1. The summed E-state index contributed by atoms with van der Waals surface area (Å²) in [5.74, 6) is -1.34. The zero-order valence-electron chi connectivity index (χ0n) is 20.9. The third-order valence-corrected chi connectivity index (χ3v) is 6.57. The van der Waals surface area contributed by atoms with E-state index in [1.807, 2.05) is 17.4 Å². The molecule has 0 spiro atoms. The fraction of sp³-hybridized carbons (Fsp3) is 0.154. The molecule has 0 bridgehead atoms. The number of fused-ring (bicyclic) bond motifs is 4. The van der Waals surface area contributed by atoms with E-state index in [1.165, 1.54) is 17.8 Å². The van der Waals surface area contributed by atoms with Crippen molar-refractivity contribution in [2.24, 2.45) is 7.05 Å². The number of alkyl halides is 3. The summed E-state index contributed by atoms with van der Waals surface area (Å²) in [7, 11) is 1.48. The van der Waals surface area contributed by atoms with Crippen molar-refractivity contribution < 1.29 is 23.1 Å². The van der Waals surface area contributed by atoms with Crippen molar-refractivity contribution in [3.05, 3.63) is 71.2 Å². The molecule has 5 aromatic heterocycles. The second-order valence-corrected chi connectivity index (χ2v) is 9.18. The lowest BCUT2D eigenvalue weighted by Gasteiger charge is -2.16. The Bertz CT molecular complexity index is 2020. The highest BCUT2D eigenvalue weighted by atomic mass is 19.4. The van der Waals surface area contributed by atoms with Crippen molar-refractivity contribution in [3.8, 4) is 16.9 Å². The molecule has 5 heterocycles. The number of carbonyl (C=O) groups excluding carboxylic acids is 1. The summed E-state index contributed by atoms with van der Waals surface area (Å²) in [5, 5.41) is 19.5. The van der Waals surface area contributed by atoms with E-state index in [9.17, 15) is 27.9 Å². The normalized spacial score (nSPS) is 12.8. The van der Waals surface area contributed by atoms with E-state index < -0.39 is 35.1 Å². The van der Waals surface area contributed by atoms with Gasteiger partial charge in [-0.15, -0.1) is 0 Å². The maximum atomic E-state index is 14.0. The number of nitrogens with zero attached hydrogens (tertiary/aromatic N) is 6. The Hall–Kier alpha value is -5.11. The number of rotatable bonds is 4. The molecule has 1 amide bonds. The van der Waals surface area contributed by atoms with Crippen LogP contribution in [0.15, 0.2) is 59.9 Å².